The number of hydrogen-bond donors (Lipinski definition) is 0. The van der Waals surface area contributed by atoms with Crippen LogP contribution in [-0.4, -0.2) is 26.4 Å². The number of rotatable bonds is 3. The van der Waals surface area contributed by atoms with Crippen molar-refractivity contribution in [1.29, 1.82) is 0 Å². The number of amides is 1. The second-order valence-electron chi connectivity index (χ2n) is 3.69. The van der Waals surface area contributed by atoms with Gasteiger partial charge in [-0.3, -0.25) is 4.90 Å². The highest BCUT2D eigenvalue weighted by Gasteiger charge is 2.13. The minimum atomic E-state index is -0.361. The van der Waals surface area contributed by atoms with E-state index in [1.807, 2.05) is 13.8 Å². The van der Waals surface area contributed by atoms with Crippen LogP contribution in [0.1, 0.15) is 13.8 Å². The minimum absolute atomic E-state index is 0.117. The van der Waals surface area contributed by atoms with Gasteiger partial charge in [0.1, 0.15) is 5.75 Å². The summed E-state index contributed by atoms with van der Waals surface area (Å²) in [6.07, 6.45) is -0.478. The third kappa shape index (κ3) is 3.15. The van der Waals surface area contributed by atoms with Gasteiger partial charge in [-0.1, -0.05) is 0 Å². The second-order valence-corrected chi connectivity index (χ2v) is 3.69. The molecule has 0 aliphatic heterocycles. The number of carbonyl (C=O) groups excluding carboxylic acids is 1. The van der Waals surface area contributed by atoms with Gasteiger partial charge >= 0.3 is 6.09 Å². The average Bonchev–Trinajstić information content (AvgIpc) is 2.27. The zero-order chi connectivity index (χ0) is 12.1. The van der Waals surface area contributed by atoms with Crippen LogP contribution in [0.3, 0.4) is 0 Å². The first-order valence-electron chi connectivity index (χ1n) is 5.13. The predicted molar refractivity (Wildman–Crippen MR) is 63.0 cm³/mol. The molecule has 0 bridgehead atoms. The number of benzene rings is 1. The van der Waals surface area contributed by atoms with Crippen LogP contribution >= 0.6 is 0 Å². The smallest absolute Gasteiger partial charge is 0.414 e. The Kier molecular flexibility index (Phi) is 4.17. The van der Waals surface area contributed by atoms with E-state index in [-0.39, 0.29) is 12.2 Å². The van der Waals surface area contributed by atoms with Crippen LogP contribution in [0.15, 0.2) is 24.3 Å². The molecule has 16 heavy (non-hydrogen) atoms. The molecule has 0 spiro atoms. The lowest BCUT2D eigenvalue weighted by molar-refractivity contribution is 0.124. The van der Waals surface area contributed by atoms with E-state index in [1.54, 1.807) is 38.4 Å². The van der Waals surface area contributed by atoms with Crippen molar-refractivity contribution in [3.05, 3.63) is 24.3 Å². The van der Waals surface area contributed by atoms with Crippen molar-refractivity contribution in [3.8, 4) is 5.75 Å². The number of anilines is 1. The highest BCUT2D eigenvalue weighted by molar-refractivity contribution is 5.87. The van der Waals surface area contributed by atoms with Gasteiger partial charge in [0.05, 0.1) is 13.2 Å². The molecule has 1 amide bonds. The third-order valence-corrected chi connectivity index (χ3v) is 2.07. The molecule has 88 valence electrons. The normalized spacial score (nSPS) is 10.1. The molecular formula is C12H17NO3. The predicted octanol–water partition coefficient (Wildman–Crippen LogP) is 2.68. The Hall–Kier alpha value is -1.71. The molecule has 0 atom stereocenters. The van der Waals surface area contributed by atoms with Gasteiger partial charge in [-0.15, -0.1) is 0 Å². The van der Waals surface area contributed by atoms with Crippen LogP contribution in [0.2, 0.25) is 0 Å². The average molecular weight is 223 g/mol. The van der Waals surface area contributed by atoms with E-state index in [1.165, 1.54) is 4.90 Å². The van der Waals surface area contributed by atoms with Crippen molar-refractivity contribution in [1.82, 2.24) is 0 Å². The van der Waals surface area contributed by atoms with Crippen molar-refractivity contribution in [2.45, 2.75) is 20.0 Å². The highest BCUT2D eigenvalue weighted by atomic mass is 16.6. The summed E-state index contributed by atoms with van der Waals surface area (Å²) in [6.45, 7) is 3.64. The molecule has 0 saturated heterocycles. The Labute approximate surface area is 95.8 Å². The second kappa shape index (κ2) is 5.39. The molecule has 0 fully saturated rings. The SMILES string of the molecule is COc1ccc(N(C)C(=O)OC(C)C)cc1. The molecule has 0 N–H and O–H groups in total. The van der Waals surface area contributed by atoms with E-state index in [0.29, 0.717) is 0 Å². The lowest BCUT2D eigenvalue weighted by Gasteiger charge is -2.18. The van der Waals surface area contributed by atoms with Crippen LogP contribution in [0, 0.1) is 0 Å². The molecule has 4 heteroatoms. The number of nitrogens with zero attached hydrogens (tertiary/aromatic N) is 1. The summed E-state index contributed by atoms with van der Waals surface area (Å²) in [5, 5.41) is 0. The molecule has 0 aromatic heterocycles. The van der Waals surface area contributed by atoms with Crippen LogP contribution < -0.4 is 9.64 Å². The molecule has 1 aromatic rings. The molecular weight excluding hydrogens is 206 g/mol. The monoisotopic (exact) mass is 223 g/mol. The standard InChI is InChI=1S/C12H17NO3/c1-9(2)16-12(14)13(3)10-5-7-11(15-4)8-6-10/h5-9H,1-4H3. The van der Waals surface area contributed by atoms with E-state index < -0.39 is 0 Å². The van der Waals surface area contributed by atoms with Crippen LogP contribution in [0.25, 0.3) is 0 Å². The minimum Gasteiger partial charge on any atom is -0.497 e. The number of methoxy groups -OCH3 is 1. The first kappa shape index (κ1) is 12.4. The molecule has 4 nitrogen and oxygen atoms in total. The number of ether oxygens (including phenoxy) is 2. The fraction of sp³-hybridized carbons (Fsp3) is 0.417. The molecule has 1 rings (SSSR count). The van der Waals surface area contributed by atoms with E-state index in [0.717, 1.165) is 11.4 Å². The van der Waals surface area contributed by atoms with Crippen LogP contribution in [0.4, 0.5) is 10.5 Å². The van der Waals surface area contributed by atoms with Gasteiger partial charge in [0.2, 0.25) is 0 Å². The van der Waals surface area contributed by atoms with E-state index in [4.69, 9.17) is 9.47 Å². The quantitative estimate of drug-likeness (QED) is 0.790. The summed E-state index contributed by atoms with van der Waals surface area (Å²) in [4.78, 5) is 13.0. The molecule has 0 unspecified atom stereocenters. The van der Waals surface area contributed by atoms with Gasteiger partial charge in [-0.25, -0.2) is 4.79 Å². The summed E-state index contributed by atoms with van der Waals surface area (Å²) in [6, 6.07) is 7.21. The first-order valence-corrected chi connectivity index (χ1v) is 5.13. The largest absolute Gasteiger partial charge is 0.497 e. The van der Waals surface area contributed by atoms with Crippen molar-refractivity contribution in [2.75, 3.05) is 19.1 Å². The van der Waals surface area contributed by atoms with Crippen LogP contribution in [0.5, 0.6) is 5.75 Å². The van der Waals surface area contributed by atoms with Gasteiger partial charge < -0.3 is 9.47 Å². The molecule has 0 heterocycles. The van der Waals surface area contributed by atoms with Gasteiger partial charge in [0, 0.05) is 12.7 Å². The zero-order valence-electron chi connectivity index (χ0n) is 10.1. The van der Waals surface area contributed by atoms with E-state index in [9.17, 15) is 4.79 Å². The van der Waals surface area contributed by atoms with Crippen LogP contribution in [-0.2, 0) is 4.74 Å². The third-order valence-electron chi connectivity index (χ3n) is 2.07. The molecule has 1 aromatic carbocycles. The first-order chi connectivity index (χ1) is 7.54. The fourth-order valence-electron chi connectivity index (χ4n) is 1.19. The Bertz CT molecular complexity index is 346. The van der Waals surface area contributed by atoms with Crippen molar-refractivity contribution in [3.63, 3.8) is 0 Å². The van der Waals surface area contributed by atoms with Gasteiger partial charge in [0.15, 0.2) is 0 Å². The van der Waals surface area contributed by atoms with Gasteiger partial charge in [0.25, 0.3) is 0 Å². The molecule has 0 aliphatic carbocycles. The molecule has 0 saturated carbocycles. The summed E-state index contributed by atoms with van der Waals surface area (Å²) < 4.78 is 10.1. The summed E-state index contributed by atoms with van der Waals surface area (Å²) >= 11 is 0. The summed E-state index contributed by atoms with van der Waals surface area (Å²) in [7, 11) is 3.28. The highest BCUT2D eigenvalue weighted by Crippen LogP contribution is 2.18. The summed E-state index contributed by atoms with van der Waals surface area (Å²) in [5.41, 5.74) is 0.770. The maximum Gasteiger partial charge on any atom is 0.414 e. The van der Waals surface area contributed by atoms with Crippen molar-refractivity contribution in [2.24, 2.45) is 0 Å². The lowest BCUT2D eigenvalue weighted by atomic mass is 10.3. The van der Waals surface area contributed by atoms with Gasteiger partial charge in [-0.2, -0.15) is 0 Å². The number of hydrogen-bond acceptors (Lipinski definition) is 3. The zero-order valence-corrected chi connectivity index (χ0v) is 10.1. The Balaban J connectivity index is 2.72. The van der Waals surface area contributed by atoms with Crippen molar-refractivity contribution < 1.29 is 14.3 Å². The lowest BCUT2D eigenvalue weighted by Crippen LogP contribution is -2.29. The van der Waals surface area contributed by atoms with E-state index >= 15 is 0 Å². The maximum atomic E-state index is 11.6. The van der Waals surface area contributed by atoms with E-state index in [2.05, 4.69) is 0 Å². The Morgan fingerprint density at radius 2 is 1.81 bits per heavy atom. The van der Waals surface area contributed by atoms with Crippen molar-refractivity contribution >= 4 is 11.8 Å². The Morgan fingerprint density at radius 1 is 1.25 bits per heavy atom. The summed E-state index contributed by atoms with van der Waals surface area (Å²) in [5.74, 6) is 0.759. The maximum absolute atomic E-state index is 11.6. The van der Waals surface area contributed by atoms with Gasteiger partial charge in [-0.05, 0) is 38.1 Å². The number of carbonyl (C=O) groups is 1. The fourth-order valence-corrected chi connectivity index (χ4v) is 1.19. The topological polar surface area (TPSA) is 38.8 Å². The molecule has 0 aliphatic rings. The Morgan fingerprint density at radius 3 is 2.25 bits per heavy atom. The molecule has 0 radical (unpaired) electrons.